The second-order valence-corrected chi connectivity index (χ2v) is 8.42. The number of amides is 1. The van der Waals surface area contributed by atoms with Crippen molar-refractivity contribution in [3.8, 4) is 11.4 Å². The van der Waals surface area contributed by atoms with E-state index >= 15 is 0 Å². The van der Waals surface area contributed by atoms with Gasteiger partial charge < -0.3 is 9.64 Å². The van der Waals surface area contributed by atoms with Crippen molar-refractivity contribution in [2.45, 2.75) is 32.5 Å². The highest BCUT2D eigenvalue weighted by Gasteiger charge is 2.33. The van der Waals surface area contributed by atoms with E-state index in [1.165, 1.54) is 28.7 Å². The number of nitrogens with zero attached hydrogens (tertiary/aromatic N) is 3. The number of hydrogen-bond acceptors (Lipinski definition) is 4. The summed E-state index contributed by atoms with van der Waals surface area (Å²) in [5, 5.41) is 0.407. The zero-order valence-electron chi connectivity index (χ0n) is 20.6. The fourth-order valence-corrected chi connectivity index (χ4v) is 4.40. The normalized spacial score (nSPS) is 12.4. The predicted molar refractivity (Wildman–Crippen MR) is 135 cm³/mol. The molecule has 0 N–H and O–H groups in total. The van der Waals surface area contributed by atoms with Crippen LogP contribution in [0.3, 0.4) is 0 Å². The van der Waals surface area contributed by atoms with Crippen molar-refractivity contribution in [2.24, 2.45) is 0 Å². The molecule has 0 saturated carbocycles. The number of benzene rings is 3. The van der Waals surface area contributed by atoms with Gasteiger partial charge in [-0.1, -0.05) is 25.1 Å². The van der Waals surface area contributed by atoms with Gasteiger partial charge in [-0.2, -0.15) is 13.2 Å². The van der Waals surface area contributed by atoms with Gasteiger partial charge in [-0.05, 0) is 67.9 Å². The topological polar surface area (TPSA) is 64.4 Å². The van der Waals surface area contributed by atoms with Gasteiger partial charge in [-0.15, -0.1) is 0 Å². The van der Waals surface area contributed by atoms with Crippen LogP contribution in [0.5, 0.6) is 5.75 Å². The summed E-state index contributed by atoms with van der Waals surface area (Å²) in [6.07, 6.45) is -4.20. The monoisotopic (exact) mass is 509 g/mol. The molecule has 0 aliphatic rings. The number of carbonyl (C=O) groups is 1. The van der Waals surface area contributed by atoms with Crippen LogP contribution in [-0.4, -0.2) is 34.0 Å². The van der Waals surface area contributed by atoms with Gasteiger partial charge in [0.2, 0.25) is 0 Å². The Morgan fingerprint density at radius 3 is 2.35 bits per heavy atom. The molecular weight excluding hydrogens is 483 g/mol. The van der Waals surface area contributed by atoms with E-state index < -0.39 is 23.7 Å². The number of halogens is 3. The van der Waals surface area contributed by atoms with Crippen LogP contribution < -0.4 is 10.3 Å². The molecule has 0 bridgehead atoms. The van der Waals surface area contributed by atoms with Crippen LogP contribution in [0, 0.1) is 0 Å². The van der Waals surface area contributed by atoms with E-state index in [1.807, 2.05) is 6.92 Å². The van der Waals surface area contributed by atoms with Gasteiger partial charge in [0.15, 0.2) is 0 Å². The molecule has 1 heterocycles. The number of alkyl halides is 3. The molecule has 0 spiro atoms. The Bertz CT molecular complexity index is 1480. The van der Waals surface area contributed by atoms with Crippen LogP contribution in [-0.2, 0) is 6.18 Å². The van der Waals surface area contributed by atoms with Gasteiger partial charge >= 0.3 is 6.18 Å². The van der Waals surface area contributed by atoms with Crippen LogP contribution in [0.1, 0.15) is 48.1 Å². The largest absolute Gasteiger partial charge is 0.497 e. The lowest BCUT2D eigenvalue weighted by Gasteiger charge is -2.31. The zero-order valence-corrected chi connectivity index (χ0v) is 20.6. The average Bonchev–Trinajstić information content (AvgIpc) is 2.91. The highest BCUT2D eigenvalue weighted by atomic mass is 19.4. The minimum Gasteiger partial charge on any atom is -0.497 e. The van der Waals surface area contributed by atoms with Crippen LogP contribution in [0.25, 0.3) is 16.6 Å². The molecule has 0 saturated heterocycles. The molecule has 0 fully saturated rings. The molecule has 3 aromatic carbocycles. The smallest absolute Gasteiger partial charge is 0.416 e. The maximum Gasteiger partial charge on any atom is 0.416 e. The Kier molecular flexibility index (Phi) is 7.33. The maximum absolute atomic E-state index is 13.7. The van der Waals surface area contributed by atoms with Gasteiger partial charge in [0.25, 0.3) is 11.5 Å². The van der Waals surface area contributed by atoms with Crippen molar-refractivity contribution in [2.75, 3.05) is 13.7 Å². The number of para-hydroxylation sites is 1. The predicted octanol–water partition coefficient (Wildman–Crippen LogP) is 6.03. The van der Waals surface area contributed by atoms with Gasteiger partial charge in [0.1, 0.15) is 11.6 Å². The van der Waals surface area contributed by atoms with Crippen molar-refractivity contribution in [3.05, 3.63) is 100 Å². The van der Waals surface area contributed by atoms with E-state index in [0.717, 1.165) is 12.1 Å². The molecule has 9 heteroatoms. The molecular formula is C28H26F3N3O3. The molecule has 0 radical (unpaired) electrons. The number of rotatable bonds is 7. The first-order chi connectivity index (χ1) is 17.7. The lowest BCUT2D eigenvalue weighted by Crippen LogP contribution is -2.38. The number of carbonyl (C=O) groups excluding carboxylic acids is 1. The van der Waals surface area contributed by atoms with Gasteiger partial charge in [-0.3, -0.25) is 14.2 Å². The lowest BCUT2D eigenvalue weighted by atomic mass is 10.1. The molecule has 6 nitrogen and oxygen atoms in total. The second kappa shape index (κ2) is 10.5. The maximum atomic E-state index is 13.7. The van der Waals surface area contributed by atoms with E-state index in [9.17, 15) is 22.8 Å². The molecule has 0 aliphatic carbocycles. The summed E-state index contributed by atoms with van der Waals surface area (Å²) in [5.41, 5.74) is -0.309. The van der Waals surface area contributed by atoms with E-state index in [4.69, 9.17) is 9.72 Å². The van der Waals surface area contributed by atoms with Crippen LogP contribution >= 0.6 is 0 Å². The molecule has 4 aromatic rings. The third-order valence-electron chi connectivity index (χ3n) is 6.23. The molecule has 1 unspecified atom stereocenters. The molecule has 192 valence electrons. The summed E-state index contributed by atoms with van der Waals surface area (Å²) in [7, 11) is 1.54. The summed E-state index contributed by atoms with van der Waals surface area (Å²) >= 11 is 0. The third kappa shape index (κ3) is 5.07. The Morgan fingerprint density at radius 1 is 1.03 bits per heavy atom. The van der Waals surface area contributed by atoms with Gasteiger partial charge in [-0.25, -0.2) is 4.98 Å². The first-order valence-electron chi connectivity index (χ1n) is 11.8. The standard InChI is InChI=1S/C28H26F3N3O3/c1-4-24(33(5-2)26(35)18-9-8-10-19(17-18)28(29,30)31)25-32-23-12-7-6-11-22(23)27(36)34(25)20-13-15-21(37-3)16-14-20/h6-17,24H,4-5H2,1-3H3. The van der Waals surface area contributed by atoms with Crippen molar-refractivity contribution < 1.29 is 22.7 Å². The molecule has 37 heavy (non-hydrogen) atoms. The summed E-state index contributed by atoms with van der Waals surface area (Å²) in [6, 6.07) is 17.4. The quantitative estimate of drug-likeness (QED) is 0.305. The van der Waals surface area contributed by atoms with Crippen LogP contribution in [0.15, 0.2) is 77.6 Å². The summed E-state index contributed by atoms with van der Waals surface area (Å²) in [4.78, 5) is 33.5. The Hall–Kier alpha value is -4.14. The highest BCUT2D eigenvalue weighted by molar-refractivity contribution is 5.94. The zero-order chi connectivity index (χ0) is 26.7. The van der Waals surface area contributed by atoms with Crippen LogP contribution in [0.2, 0.25) is 0 Å². The van der Waals surface area contributed by atoms with Gasteiger partial charge in [0, 0.05) is 12.1 Å². The van der Waals surface area contributed by atoms with E-state index in [0.29, 0.717) is 34.6 Å². The lowest BCUT2D eigenvalue weighted by molar-refractivity contribution is -0.137. The first-order valence-corrected chi connectivity index (χ1v) is 11.8. The van der Waals surface area contributed by atoms with Crippen molar-refractivity contribution in [1.29, 1.82) is 0 Å². The highest BCUT2D eigenvalue weighted by Crippen LogP contribution is 2.31. The van der Waals surface area contributed by atoms with E-state index in [1.54, 1.807) is 55.5 Å². The van der Waals surface area contributed by atoms with Crippen LogP contribution in [0.4, 0.5) is 13.2 Å². The summed E-state index contributed by atoms with van der Waals surface area (Å²) < 4.78 is 46.6. The van der Waals surface area contributed by atoms with Gasteiger partial charge in [0.05, 0.1) is 35.3 Å². The number of fused-ring (bicyclic) bond motifs is 1. The fourth-order valence-electron chi connectivity index (χ4n) is 4.40. The molecule has 1 aromatic heterocycles. The molecule has 4 rings (SSSR count). The SMILES string of the molecule is CCC(c1nc2ccccc2c(=O)n1-c1ccc(OC)cc1)N(CC)C(=O)c1cccc(C(F)(F)F)c1. The molecule has 1 amide bonds. The summed E-state index contributed by atoms with van der Waals surface area (Å²) in [5.74, 6) is 0.344. The Morgan fingerprint density at radius 2 is 1.73 bits per heavy atom. The average molecular weight is 510 g/mol. The number of methoxy groups -OCH3 is 1. The Balaban J connectivity index is 1.89. The van der Waals surface area contributed by atoms with E-state index in [-0.39, 0.29) is 17.7 Å². The summed E-state index contributed by atoms with van der Waals surface area (Å²) in [6.45, 7) is 3.77. The van der Waals surface area contributed by atoms with Crippen molar-refractivity contribution in [3.63, 3.8) is 0 Å². The number of ether oxygens (including phenoxy) is 1. The molecule has 0 aliphatic heterocycles. The number of hydrogen-bond donors (Lipinski definition) is 0. The fraction of sp³-hybridized carbons (Fsp3) is 0.250. The number of aromatic nitrogens is 2. The third-order valence-corrected chi connectivity index (χ3v) is 6.23. The van der Waals surface area contributed by atoms with Crippen molar-refractivity contribution in [1.82, 2.24) is 14.5 Å². The van der Waals surface area contributed by atoms with E-state index in [2.05, 4.69) is 0 Å². The van der Waals surface area contributed by atoms with Crippen molar-refractivity contribution >= 4 is 16.8 Å². The second-order valence-electron chi connectivity index (χ2n) is 8.42. The minimum absolute atomic E-state index is 0.0886. The first kappa shape index (κ1) is 25.9. The molecule has 1 atom stereocenters. The minimum atomic E-state index is -4.58. The Labute approximate surface area is 211 Å².